The standard InChI is InChI=1S/C15H24N4O3.CH2O2/c1-10(2)18-14(21)11-4-5-12-13(17-9-19(12)8-11)15(22)16-6-3-7-20;2-1-3/h9-11,20H,3-8H2,1-2H3,(H,16,22)(H,18,21);1H,(H,2,3). The van der Waals surface area contributed by atoms with Crippen LogP contribution in [0.15, 0.2) is 6.33 Å². The number of rotatable bonds is 6. The number of hydrogen-bond acceptors (Lipinski definition) is 5. The van der Waals surface area contributed by atoms with Gasteiger partial charge in [-0.1, -0.05) is 0 Å². The third-order valence-electron chi connectivity index (χ3n) is 3.73. The quantitative estimate of drug-likeness (QED) is 0.412. The van der Waals surface area contributed by atoms with Crippen LogP contribution in [0.3, 0.4) is 0 Å². The van der Waals surface area contributed by atoms with Crippen LogP contribution in [0.4, 0.5) is 0 Å². The zero-order chi connectivity index (χ0) is 18.8. The highest BCUT2D eigenvalue weighted by Gasteiger charge is 2.28. The maximum Gasteiger partial charge on any atom is 0.290 e. The molecule has 0 radical (unpaired) electrons. The van der Waals surface area contributed by atoms with Gasteiger partial charge in [-0.2, -0.15) is 0 Å². The average Bonchev–Trinajstić information content (AvgIpc) is 2.98. The summed E-state index contributed by atoms with van der Waals surface area (Å²) in [6.45, 7) is 4.68. The Kier molecular flexibility index (Phi) is 8.62. The molecule has 0 saturated carbocycles. The molecule has 1 aliphatic heterocycles. The van der Waals surface area contributed by atoms with Crippen LogP contribution in [-0.4, -0.2) is 57.2 Å². The highest BCUT2D eigenvalue weighted by atomic mass is 16.3. The van der Waals surface area contributed by atoms with Crippen LogP contribution in [0.1, 0.15) is 42.9 Å². The van der Waals surface area contributed by atoms with Gasteiger partial charge in [0.2, 0.25) is 5.91 Å². The molecule has 25 heavy (non-hydrogen) atoms. The van der Waals surface area contributed by atoms with Crippen LogP contribution < -0.4 is 10.6 Å². The van der Waals surface area contributed by atoms with Crippen molar-refractivity contribution in [3.63, 3.8) is 0 Å². The summed E-state index contributed by atoms with van der Waals surface area (Å²) in [4.78, 5) is 36.7. The van der Waals surface area contributed by atoms with E-state index >= 15 is 0 Å². The monoisotopic (exact) mass is 354 g/mol. The normalized spacial score (nSPS) is 15.6. The van der Waals surface area contributed by atoms with Crippen molar-refractivity contribution in [3.8, 4) is 0 Å². The number of nitrogens with zero attached hydrogens (tertiary/aromatic N) is 2. The van der Waals surface area contributed by atoms with Crippen molar-refractivity contribution < 1.29 is 24.6 Å². The number of carbonyl (C=O) groups is 3. The first-order valence-corrected chi connectivity index (χ1v) is 8.25. The van der Waals surface area contributed by atoms with Crippen molar-refractivity contribution in [1.82, 2.24) is 20.2 Å². The van der Waals surface area contributed by atoms with Crippen molar-refractivity contribution in [2.24, 2.45) is 5.92 Å². The van der Waals surface area contributed by atoms with E-state index in [1.807, 2.05) is 18.4 Å². The molecule has 1 atom stereocenters. The molecular weight excluding hydrogens is 328 g/mol. The van der Waals surface area contributed by atoms with Crippen molar-refractivity contribution in [3.05, 3.63) is 17.7 Å². The van der Waals surface area contributed by atoms with Crippen molar-refractivity contribution in [2.75, 3.05) is 13.2 Å². The Morgan fingerprint density at radius 1 is 1.48 bits per heavy atom. The Bertz CT molecular complexity index is 585. The number of hydrogen-bond donors (Lipinski definition) is 4. The van der Waals surface area contributed by atoms with Gasteiger partial charge in [-0.3, -0.25) is 14.4 Å². The minimum absolute atomic E-state index is 0.0498. The highest BCUT2D eigenvalue weighted by molar-refractivity contribution is 5.93. The van der Waals surface area contributed by atoms with Crippen LogP contribution in [0.5, 0.6) is 0 Å². The number of aliphatic hydroxyl groups is 1. The molecule has 1 aromatic heterocycles. The fraction of sp³-hybridized carbons (Fsp3) is 0.625. The van der Waals surface area contributed by atoms with Crippen LogP contribution in [0.2, 0.25) is 0 Å². The predicted molar refractivity (Wildman–Crippen MR) is 90.0 cm³/mol. The van der Waals surface area contributed by atoms with E-state index < -0.39 is 0 Å². The minimum Gasteiger partial charge on any atom is -0.483 e. The van der Waals surface area contributed by atoms with Crippen LogP contribution in [-0.2, 0) is 22.6 Å². The number of aromatic nitrogens is 2. The lowest BCUT2D eigenvalue weighted by molar-refractivity contribution is -0.126. The summed E-state index contributed by atoms with van der Waals surface area (Å²) in [5.41, 5.74) is 1.32. The Morgan fingerprint density at radius 3 is 2.76 bits per heavy atom. The number of fused-ring (bicyclic) bond motifs is 1. The molecule has 1 aromatic rings. The molecule has 0 aliphatic carbocycles. The topological polar surface area (TPSA) is 134 Å². The Morgan fingerprint density at radius 2 is 2.16 bits per heavy atom. The van der Waals surface area contributed by atoms with Crippen molar-refractivity contribution >= 4 is 18.3 Å². The number of nitrogens with one attached hydrogen (secondary N) is 2. The zero-order valence-corrected chi connectivity index (χ0v) is 14.6. The molecule has 9 nitrogen and oxygen atoms in total. The third-order valence-corrected chi connectivity index (χ3v) is 3.73. The second-order valence-electron chi connectivity index (χ2n) is 6.03. The summed E-state index contributed by atoms with van der Waals surface area (Å²) in [6, 6.07) is 0.129. The van der Waals surface area contributed by atoms with Crippen LogP contribution in [0.25, 0.3) is 0 Å². The lowest BCUT2D eigenvalue weighted by atomic mass is 9.96. The number of amides is 2. The number of aliphatic hydroxyl groups excluding tert-OH is 1. The largest absolute Gasteiger partial charge is 0.483 e. The summed E-state index contributed by atoms with van der Waals surface area (Å²) in [6.07, 6.45) is 3.55. The molecule has 2 rings (SSSR count). The number of carbonyl (C=O) groups excluding carboxylic acids is 2. The first-order chi connectivity index (χ1) is 11.9. The molecular formula is C16H26N4O5. The first kappa shape index (κ1) is 20.6. The number of imidazole rings is 1. The summed E-state index contributed by atoms with van der Waals surface area (Å²) >= 11 is 0. The third kappa shape index (κ3) is 6.18. The lowest BCUT2D eigenvalue weighted by Gasteiger charge is -2.24. The van der Waals surface area contributed by atoms with Gasteiger partial charge < -0.3 is 25.4 Å². The highest BCUT2D eigenvalue weighted by Crippen LogP contribution is 2.22. The van der Waals surface area contributed by atoms with Gasteiger partial charge in [-0.05, 0) is 33.1 Å². The maximum atomic E-state index is 12.1. The molecule has 1 unspecified atom stereocenters. The fourth-order valence-electron chi connectivity index (χ4n) is 2.64. The molecule has 140 valence electrons. The smallest absolute Gasteiger partial charge is 0.290 e. The lowest BCUT2D eigenvalue weighted by Crippen LogP contribution is -2.39. The molecule has 0 aromatic carbocycles. The van der Waals surface area contributed by atoms with E-state index in [1.54, 1.807) is 6.33 Å². The molecule has 0 bridgehead atoms. The molecule has 0 spiro atoms. The molecule has 0 saturated heterocycles. The molecule has 4 N–H and O–H groups in total. The molecule has 1 aliphatic rings. The molecule has 9 heteroatoms. The van der Waals surface area contributed by atoms with Gasteiger partial charge >= 0.3 is 0 Å². The van der Waals surface area contributed by atoms with Gasteiger partial charge in [0.05, 0.1) is 17.9 Å². The van der Waals surface area contributed by atoms with E-state index in [0.29, 0.717) is 31.6 Å². The van der Waals surface area contributed by atoms with E-state index in [4.69, 9.17) is 15.0 Å². The van der Waals surface area contributed by atoms with Gasteiger partial charge in [0.1, 0.15) is 5.69 Å². The van der Waals surface area contributed by atoms with Crippen LogP contribution in [0, 0.1) is 5.92 Å². The van der Waals surface area contributed by atoms with Crippen molar-refractivity contribution in [2.45, 2.75) is 45.7 Å². The van der Waals surface area contributed by atoms with Gasteiger partial charge in [-0.25, -0.2) is 4.98 Å². The zero-order valence-electron chi connectivity index (χ0n) is 14.6. The molecule has 0 fully saturated rings. The van der Waals surface area contributed by atoms with Gasteiger partial charge in [0.25, 0.3) is 12.4 Å². The Balaban J connectivity index is 0.000000970. The summed E-state index contributed by atoms with van der Waals surface area (Å²) < 4.78 is 1.90. The van der Waals surface area contributed by atoms with Gasteiger partial charge in [0.15, 0.2) is 0 Å². The van der Waals surface area contributed by atoms with E-state index in [-0.39, 0.29) is 36.9 Å². The van der Waals surface area contributed by atoms with Crippen LogP contribution >= 0.6 is 0 Å². The SMILES string of the molecule is CC(C)NC(=O)C1CCc2c(C(=O)NCCCO)ncn2C1.O=CO. The maximum absolute atomic E-state index is 12.1. The van der Waals surface area contributed by atoms with E-state index in [9.17, 15) is 9.59 Å². The van der Waals surface area contributed by atoms with Gasteiger partial charge in [0, 0.05) is 25.7 Å². The average molecular weight is 354 g/mol. The second kappa shape index (κ2) is 10.4. The summed E-state index contributed by atoms with van der Waals surface area (Å²) in [7, 11) is 0. The predicted octanol–water partition coefficient (Wildman–Crippen LogP) is -0.217. The minimum atomic E-state index is -0.250. The van der Waals surface area contributed by atoms with Gasteiger partial charge in [-0.15, -0.1) is 0 Å². The second-order valence-corrected chi connectivity index (χ2v) is 6.03. The molecule has 2 heterocycles. The summed E-state index contributed by atoms with van der Waals surface area (Å²) in [5, 5.41) is 21.3. The van der Waals surface area contributed by atoms with Crippen molar-refractivity contribution in [1.29, 1.82) is 0 Å². The van der Waals surface area contributed by atoms with E-state index in [2.05, 4.69) is 15.6 Å². The number of carboxylic acid groups (broad SMARTS) is 1. The Hall–Kier alpha value is -2.42. The molecule has 2 amide bonds. The fourth-order valence-corrected chi connectivity index (χ4v) is 2.64. The van der Waals surface area contributed by atoms with E-state index in [0.717, 1.165) is 12.1 Å². The Labute approximate surface area is 146 Å². The van der Waals surface area contributed by atoms with E-state index in [1.165, 1.54) is 0 Å². The summed E-state index contributed by atoms with van der Waals surface area (Å²) in [5.74, 6) is -0.232. The first-order valence-electron chi connectivity index (χ1n) is 8.25.